The van der Waals surface area contributed by atoms with Crippen LogP contribution in [-0.2, 0) is 33.8 Å². The Morgan fingerprint density at radius 2 is 1.44 bits per heavy atom. The number of para-hydroxylation sites is 3. The molecule has 0 N–H and O–H groups in total. The van der Waals surface area contributed by atoms with Gasteiger partial charge in [0.2, 0.25) is 0 Å². The van der Waals surface area contributed by atoms with Gasteiger partial charge in [-0.25, -0.2) is 4.98 Å². The van der Waals surface area contributed by atoms with Crippen LogP contribution in [0, 0.1) is 30.3 Å². The van der Waals surface area contributed by atoms with Crippen molar-refractivity contribution in [3.63, 3.8) is 0 Å². The van der Waals surface area contributed by atoms with E-state index in [0.717, 1.165) is 38.5 Å². The standard InChI is InChI=1S/C43H37N5O.Pt/c1-29(2)22-31-10-9-11-33(24-31)46-28-47(40-15-8-7-14-39(40)46)42-27-35(19-21-44-42)49-34-16-17-37-36-12-5-6-13-38(36)48(41(37)26-34)43-25-32(18-20-45-43)23-30(3)4;/h5-21,24-25,29-30H,22-23H2,1-4H3;/q-2;/i22D2,23D2;. The molecule has 0 radical (unpaired) electrons. The summed E-state index contributed by atoms with van der Waals surface area (Å²) >= 11 is 0. The van der Waals surface area contributed by atoms with Gasteiger partial charge >= 0.3 is 0 Å². The third kappa shape index (κ3) is 6.48. The Morgan fingerprint density at radius 1 is 0.720 bits per heavy atom. The zero-order valence-corrected chi connectivity index (χ0v) is 30.4. The van der Waals surface area contributed by atoms with Crippen LogP contribution < -0.4 is 9.30 Å². The molecule has 0 aliphatic heterocycles. The van der Waals surface area contributed by atoms with Gasteiger partial charge in [0.1, 0.15) is 5.82 Å². The van der Waals surface area contributed by atoms with Crippen molar-refractivity contribution in [3.8, 4) is 28.8 Å². The normalized spacial score (nSPS) is 13.3. The fraction of sp³-hybridized carbons (Fsp3) is 0.186. The molecule has 0 aliphatic rings. The van der Waals surface area contributed by atoms with Gasteiger partial charge in [-0.3, -0.25) is 14.1 Å². The van der Waals surface area contributed by atoms with E-state index in [1.807, 2.05) is 126 Å². The van der Waals surface area contributed by atoms with E-state index < -0.39 is 12.7 Å². The monoisotopic (exact) mass is 838 g/mol. The smallest absolute Gasteiger partial charge is 0.269 e. The second kappa shape index (κ2) is 14.0. The Labute approximate surface area is 312 Å². The van der Waals surface area contributed by atoms with Crippen molar-refractivity contribution in [2.75, 3.05) is 0 Å². The predicted octanol–water partition coefficient (Wildman–Crippen LogP) is 9.38. The average molecular weight is 839 g/mol. The third-order valence-corrected chi connectivity index (χ3v) is 8.20. The summed E-state index contributed by atoms with van der Waals surface area (Å²) in [6, 6.07) is 39.5. The van der Waals surface area contributed by atoms with E-state index in [9.17, 15) is 0 Å². The Hall–Kier alpha value is -5.06. The second-order valence-electron chi connectivity index (χ2n) is 12.6. The van der Waals surface area contributed by atoms with Crippen LogP contribution in [0.15, 0.2) is 116 Å². The molecule has 7 heteroatoms. The average Bonchev–Trinajstić information content (AvgIpc) is 3.71. The predicted molar refractivity (Wildman–Crippen MR) is 195 cm³/mol. The van der Waals surface area contributed by atoms with E-state index in [0.29, 0.717) is 34.3 Å². The molecule has 6 nitrogen and oxygen atoms in total. The van der Waals surface area contributed by atoms with Crippen LogP contribution >= 0.6 is 0 Å². The van der Waals surface area contributed by atoms with Gasteiger partial charge in [0.05, 0.1) is 22.5 Å². The van der Waals surface area contributed by atoms with Gasteiger partial charge < -0.3 is 9.30 Å². The van der Waals surface area contributed by atoms with Gasteiger partial charge in [-0.05, 0) is 71.6 Å². The van der Waals surface area contributed by atoms with E-state index in [4.69, 9.17) is 10.2 Å². The van der Waals surface area contributed by atoms with Gasteiger partial charge in [-0.15, -0.1) is 17.5 Å². The van der Waals surface area contributed by atoms with Gasteiger partial charge in [-0.1, -0.05) is 99.6 Å². The van der Waals surface area contributed by atoms with Crippen molar-refractivity contribution in [2.45, 2.75) is 40.4 Å². The van der Waals surface area contributed by atoms with E-state index in [2.05, 4.69) is 34.5 Å². The van der Waals surface area contributed by atoms with Gasteiger partial charge in [0.25, 0.3) is 6.33 Å². The first-order valence-corrected chi connectivity index (χ1v) is 16.5. The molecule has 8 aromatic rings. The topological polar surface area (TPSA) is 48.8 Å². The number of benzene rings is 4. The fourth-order valence-corrected chi connectivity index (χ4v) is 6.26. The summed E-state index contributed by atoms with van der Waals surface area (Å²) in [5.41, 5.74) is 5.36. The minimum Gasteiger partial charge on any atom is -0.522 e. The molecule has 4 aromatic carbocycles. The van der Waals surface area contributed by atoms with E-state index in [1.165, 1.54) is 0 Å². The summed E-state index contributed by atoms with van der Waals surface area (Å²) in [4.78, 5) is 9.31. The molecule has 4 aromatic heterocycles. The summed E-state index contributed by atoms with van der Waals surface area (Å²) in [5.74, 6) is 1.56. The van der Waals surface area contributed by atoms with Gasteiger partial charge in [0.15, 0.2) is 0 Å². The largest absolute Gasteiger partial charge is 0.522 e. The number of hydrogen-bond donors (Lipinski definition) is 0. The summed E-state index contributed by atoms with van der Waals surface area (Å²) in [5, 5.41) is 1.99. The molecule has 0 amide bonds. The number of aromatic nitrogens is 5. The number of hydrogen-bond acceptors (Lipinski definition) is 3. The van der Waals surface area contributed by atoms with Crippen LogP contribution in [0.2, 0.25) is 0 Å². The zero-order chi connectivity index (χ0) is 37.1. The molecule has 0 saturated heterocycles. The molecule has 0 unspecified atom stereocenters. The van der Waals surface area contributed by atoms with E-state index in [-0.39, 0.29) is 32.9 Å². The van der Waals surface area contributed by atoms with Gasteiger partial charge in [0, 0.05) is 44.0 Å². The van der Waals surface area contributed by atoms with Crippen molar-refractivity contribution in [3.05, 3.63) is 145 Å². The molecule has 8 rings (SSSR count). The maximum atomic E-state index is 8.72. The van der Waals surface area contributed by atoms with Crippen LogP contribution in [0.5, 0.6) is 11.5 Å². The molecule has 0 bridgehead atoms. The number of nitrogens with zero attached hydrogens (tertiary/aromatic N) is 5. The number of fused-ring (bicyclic) bond motifs is 4. The zero-order valence-electron chi connectivity index (χ0n) is 32.1. The first kappa shape index (κ1) is 28.7. The molecule has 0 saturated carbocycles. The molecular formula is C43H37N5OPt-2. The van der Waals surface area contributed by atoms with Crippen LogP contribution in [0.3, 0.4) is 0 Å². The van der Waals surface area contributed by atoms with E-state index >= 15 is 0 Å². The number of pyridine rings is 2. The van der Waals surface area contributed by atoms with Crippen molar-refractivity contribution in [1.29, 1.82) is 0 Å². The Balaban J connectivity index is 0.00000450. The number of ether oxygens (including phenoxy) is 1. The first-order valence-electron chi connectivity index (χ1n) is 18.5. The molecule has 252 valence electrons. The van der Waals surface area contributed by atoms with Crippen molar-refractivity contribution < 1.29 is 35.9 Å². The minimum absolute atomic E-state index is 0. The van der Waals surface area contributed by atoms with Gasteiger partial charge in [-0.2, -0.15) is 18.2 Å². The molecule has 0 aliphatic carbocycles. The van der Waals surface area contributed by atoms with Crippen LogP contribution in [0.4, 0.5) is 0 Å². The van der Waals surface area contributed by atoms with Crippen molar-refractivity contribution in [1.82, 2.24) is 19.1 Å². The van der Waals surface area contributed by atoms with Crippen LogP contribution in [0.1, 0.15) is 44.3 Å². The second-order valence-corrected chi connectivity index (χ2v) is 12.6. The van der Waals surface area contributed by atoms with Crippen LogP contribution in [-0.4, -0.2) is 19.1 Å². The van der Waals surface area contributed by atoms with Crippen LogP contribution in [0.25, 0.3) is 50.2 Å². The first-order chi connectivity index (χ1) is 25.4. The maximum Gasteiger partial charge on any atom is 0.269 e. The molecule has 4 heterocycles. The Morgan fingerprint density at radius 3 is 2.26 bits per heavy atom. The SMILES string of the molecule is [2H]C([2H])(c1cccc(-[n+]2[c-]n(-c3[c-]c(Oc4[c-]c5c(cc4)c4ccccc4n5-c4cc(C([2H])([2H])C(C)C)ccn4)ccn3)c3ccccc32)c1)C(C)C.[Pt]. The van der Waals surface area contributed by atoms with Crippen molar-refractivity contribution >= 4 is 32.8 Å². The fourth-order valence-electron chi connectivity index (χ4n) is 6.26. The summed E-state index contributed by atoms with van der Waals surface area (Å²) in [7, 11) is 0. The molecule has 0 spiro atoms. The molecular weight excluding hydrogens is 798 g/mol. The number of imidazole rings is 1. The minimum atomic E-state index is -1.53. The summed E-state index contributed by atoms with van der Waals surface area (Å²) in [6.45, 7) is 7.52. The summed E-state index contributed by atoms with van der Waals surface area (Å²) < 4.78 is 46.9. The van der Waals surface area contributed by atoms with E-state index in [1.54, 1.807) is 24.5 Å². The molecule has 50 heavy (non-hydrogen) atoms. The van der Waals surface area contributed by atoms with Crippen molar-refractivity contribution in [2.24, 2.45) is 11.8 Å². The Bertz CT molecular complexity index is 2650. The summed E-state index contributed by atoms with van der Waals surface area (Å²) in [6.07, 6.45) is 3.73. The number of rotatable bonds is 9. The third-order valence-electron chi connectivity index (χ3n) is 8.20. The Kier molecular flexibility index (Phi) is 8.08. The quantitative estimate of drug-likeness (QED) is 0.108. The molecule has 0 fully saturated rings. The maximum absolute atomic E-state index is 8.72. The molecule has 0 atom stereocenters.